The number of aryl methyl sites for hydroxylation is 1. The number of aromatic nitrogens is 1. The summed E-state index contributed by atoms with van der Waals surface area (Å²) in [6.07, 6.45) is 2.85. The van der Waals surface area contributed by atoms with Gasteiger partial charge in [0.1, 0.15) is 0 Å². The number of amides is 1. The van der Waals surface area contributed by atoms with Gasteiger partial charge in [-0.3, -0.25) is 9.78 Å². The van der Waals surface area contributed by atoms with Crippen molar-refractivity contribution in [3.8, 4) is 0 Å². The molecule has 4 rings (SSSR count). The maximum atomic E-state index is 12.9. The van der Waals surface area contributed by atoms with Crippen LogP contribution in [0.4, 0.5) is 0 Å². The van der Waals surface area contributed by atoms with Crippen LogP contribution in [0.2, 0.25) is 0 Å². The van der Waals surface area contributed by atoms with Crippen molar-refractivity contribution in [3.05, 3.63) is 64.8 Å². The van der Waals surface area contributed by atoms with Crippen molar-refractivity contribution in [1.29, 1.82) is 0 Å². The summed E-state index contributed by atoms with van der Waals surface area (Å²) in [5, 5.41) is 3.06. The molecule has 116 valence electrons. The Morgan fingerprint density at radius 1 is 1.30 bits per heavy atom. The molecular formula is C19H18N2OS. The third kappa shape index (κ3) is 2.63. The lowest BCUT2D eigenvalue weighted by Crippen LogP contribution is -2.28. The Labute approximate surface area is 139 Å². The highest BCUT2D eigenvalue weighted by molar-refractivity contribution is 7.17. The van der Waals surface area contributed by atoms with Gasteiger partial charge in [-0.05, 0) is 37.1 Å². The second-order valence-electron chi connectivity index (χ2n) is 6.14. The molecule has 3 nitrogen and oxygen atoms in total. The molecule has 3 heterocycles. The van der Waals surface area contributed by atoms with Gasteiger partial charge in [0.25, 0.3) is 5.91 Å². The van der Waals surface area contributed by atoms with Gasteiger partial charge >= 0.3 is 0 Å². The van der Waals surface area contributed by atoms with Crippen molar-refractivity contribution in [2.45, 2.75) is 19.3 Å². The molecule has 0 unspecified atom stereocenters. The first kappa shape index (κ1) is 14.4. The number of benzene rings is 1. The fraction of sp³-hybridized carbons (Fsp3) is 0.263. The summed E-state index contributed by atoms with van der Waals surface area (Å²) in [5.41, 5.74) is 3.17. The molecule has 1 aliphatic heterocycles. The maximum Gasteiger partial charge on any atom is 0.255 e. The van der Waals surface area contributed by atoms with E-state index in [0.717, 1.165) is 36.2 Å². The van der Waals surface area contributed by atoms with E-state index in [4.69, 9.17) is 0 Å². The number of likely N-dealkylation sites (tertiary alicyclic amines) is 1. The predicted molar refractivity (Wildman–Crippen MR) is 94.1 cm³/mol. The molecule has 1 amide bonds. The topological polar surface area (TPSA) is 33.2 Å². The lowest BCUT2D eigenvalue weighted by Gasteiger charge is -2.16. The van der Waals surface area contributed by atoms with E-state index in [1.165, 1.54) is 10.3 Å². The van der Waals surface area contributed by atoms with E-state index < -0.39 is 0 Å². The molecule has 1 aromatic carbocycles. The van der Waals surface area contributed by atoms with Crippen LogP contribution in [0.5, 0.6) is 0 Å². The monoisotopic (exact) mass is 322 g/mol. The van der Waals surface area contributed by atoms with Gasteiger partial charge in [0, 0.05) is 46.4 Å². The lowest BCUT2D eigenvalue weighted by atomic mass is 10.0. The normalized spacial score (nSPS) is 17.8. The summed E-state index contributed by atoms with van der Waals surface area (Å²) in [6.45, 7) is 3.66. The Morgan fingerprint density at radius 3 is 3.04 bits per heavy atom. The molecule has 0 spiro atoms. The zero-order valence-electron chi connectivity index (χ0n) is 13.0. The molecule has 1 atom stereocenters. The Morgan fingerprint density at radius 2 is 2.17 bits per heavy atom. The second-order valence-corrected chi connectivity index (χ2v) is 7.05. The van der Waals surface area contributed by atoms with Crippen LogP contribution in [0.15, 0.2) is 48.0 Å². The molecule has 1 saturated heterocycles. The van der Waals surface area contributed by atoms with Crippen molar-refractivity contribution in [1.82, 2.24) is 9.88 Å². The maximum absolute atomic E-state index is 12.9. The molecule has 0 radical (unpaired) electrons. The minimum Gasteiger partial charge on any atom is -0.338 e. The van der Waals surface area contributed by atoms with Gasteiger partial charge in [-0.1, -0.05) is 18.2 Å². The van der Waals surface area contributed by atoms with Crippen LogP contribution in [0, 0.1) is 6.92 Å². The van der Waals surface area contributed by atoms with Crippen molar-refractivity contribution >= 4 is 27.3 Å². The third-order valence-corrected chi connectivity index (χ3v) is 5.51. The van der Waals surface area contributed by atoms with Gasteiger partial charge in [0.15, 0.2) is 0 Å². The highest BCUT2D eigenvalue weighted by Gasteiger charge is 2.29. The fourth-order valence-corrected chi connectivity index (χ4v) is 4.22. The smallest absolute Gasteiger partial charge is 0.255 e. The van der Waals surface area contributed by atoms with Crippen molar-refractivity contribution < 1.29 is 4.79 Å². The van der Waals surface area contributed by atoms with E-state index in [1.54, 1.807) is 11.3 Å². The van der Waals surface area contributed by atoms with Gasteiger partial charge in [0.05, 0.1) is 5.56 Å². The number of carbonyl (C=O) groups excluding carboxylic acids is 1. The molecule has 4 heteroatoms. The summed E-state index contributed by atoms with van der Waals surface area (Å²) in [4.78, 5) is 19.3. The van der Waals surface area contributed by atoms with Gasteiger partial charge in [0.2, 0.25) is 0 Å². The highest BCUT2D eigenvalue weighted by atomic mass is 32.1. The van der Waals surface area contributed by atoms with E-state index in [0.29, 0.717) is 5.92 Å². The molecule has 0 bridgehead atoms. The Kier molecular flexibility index (Phi) is 3.62. The van der Waals surface area contributed by atoms with E-state index in [1.807, 2.05) is 40.7 Å². The number of carbonyl (C=O) groups is 1. The molecule has 0 saturated carbocycles. The third-order valence-electron chi connectivity index (χ3n) is 4.54. The van der Waals surface area contributed by atoms with Crippen LogP contribution in [-0.4, -0.2) is 28.9 Å². The van der Waals surface area contributed by atoms with Crippen molar-refractivity contribution in [3.63, 3.8) is 0 Å². The summed E-state index contributed by atoms with van der Waals surface area (Å²) in [6, 6.07) is 12.3. The van der Waals surface area contributed by atoms with E-state index in [2.05, 4.69) is 24.0 Å². The molecule has 23 heavy (non-hydrogen) atoms. The summed E-state index contributed by atoms with van der Waals surface area (Å²) >= 11 is 1.64. The average Bonchev–Trinajstić information content (AvgIpc) is 3.22. The van der Waals surface area contributed by atoms with Crippen LogP contribution in [-0.2, 0) is 0 Å². The number of rotatable bonds is 2. The van der Waals surface area contributed by atoms with Crippen LogP contribution >= 0.6 is 11.3 Å². The number of pyridine rings is 1. The zero-order chi connectivity index (χ0) is 15.8. The lowest BCUT2D eigenvalue weighted by molar-refractivity contribution is 0.0793. The second kappa shape index (κ2) is 5.78. The van der Waals surface area contributed by atoms with E-state index in [9.17, 15) is 4.79 Å². The summed E-state index contributed by atoms with van der Waals surface area (Å²) in [5.74, 6) is 0.501. The van der Waals surface area contributed by atoms with Crippen LogP contribution in [0.3, 0.4) is 0 Å². The van der Waals surface area contributed by atoms with Gasteiger partial charge < -0.3 is 4.90 Å². The van der Waals surface area contributed by atoms with Crippen molar-refractivity contribution in [2.75, 3.05) is 13.1 Å². The Bertz CT molecular complexity index is 870. The number of hydrogen-bond acceptors (Lipinski definition) is 3. The minimum atomic E-state index is 0.151. The first-order valence-electron chi connectivity index (χ1n) is 7.90. The van der Waals surface area contributed by atoms with Crippen LogP contribution < -0.4 is 0 Å². The number of hydrogen-bond donors (Lipinski definition) is 0. The van der Waals surface area contributed by atoms with E-state index >= 15 is 0 Å². The molecule has 1 fully saturated rings. The molecule has 2 aromatic heterocycles. The Balaban J connectivity index is 1.56. The average molecular weight is 322 g/mol. The van der Waals surface area contributed by atoms with Crippen LogP contribution in [0.25, 0.3) is 10.1 Å². The number of fused-ring (bicyclic) bond motifs is 1. The first-order valence-corrected chi connectivity index (χ1v) is 8.78. The van der Waals surface area contributed by atoms with Gasteiger partial charge in [-0.2, -0.15) is 0 Å². The quantitative estimate of drug-likeness (QED) is 0.707. The highest BCUT2D eigenvalue weighted by Crippen LogP contribution is 2.31. The van der Waals surface area contributed by atoms with Crippen LogP contribution in [0.1, 0.15) is 34.0 Å². The number of thiophene rings is 1. The van der Waals surface area contributed by atoms with E-state index in [-0.39, 0.29) is 5.91 Å². The summed E-state index contributed by atoms with van der Waals surface area (Å²) in [7, 11) is 0. The molecule has 1 aliphatic rings. The Hall–Kier alpha value is -2.20. The zero-order valence-corrected chi connectivity index (χ0v) is 13.8. The standard InChI is InChI=1S/C19H18N2OS/c1-13-6-8-20-17(10-13)14-7-9-21(11-14)19(22)16-12-23-18-5-3-2-4-15(16)18/h2-6,8,10,12,14H,7,9,11H2,1H3/t14-/m1/s1. The SMILES string of the molecule is Cc1ccnc([C@@H]2CCN(C(=O)c3csc4ccccc34)C2)c1. The molecule has 0 N–H and O–H groups in total. The predicted octanol–water partition coefficient (Wildman–Crippen LogP) is 4.23. The molecular weight excluding hydrogens is 304 g/mol. The number of nitrogens with zero attached hydrogens (tertiary/aromatic N) is 2. The first-order chi connectivity index (χ1) is 11.2. The minimum absolute atomic E-state index is 0.151. The van der Waals surface area contributed by atoms with Crippen molar-refractivity contribution in [2.24, 2.45) is 0 Å². The largest absolute Gasteiger partial charge is 0.338 e. The molecule has 3 aromatic rings. The summed E-state index contributed by atoms with van der Waals surface area (Å²) < 4.78 is 1.17. The fourth-order valence-electron chi connectivity index (χ4n) is 3.28. The van der Waals surface area contributed by atoms with Gasteiger partial charge in [-0.25, -0.2) is 0 Å². The molecule has 0 aliphatic carbocycles. The van der Waals surface area contributed by atoms with Gasteiger partial charge in [-0.15, -0.1) is 11.3 Å².